The third-order valence-electron chi connectivity index (χ3n) is 3.63. The number of allylic oxidation sites excluding steroid dienone is 1. The van der Waals surface area contributed by atoms with Gasteiger partial charge in [-0.2, -0.15) is 0 Å². The minimum Gasteiger partial charge on any atom is -0.497 e. The van der Waals surface area contributed by atoms with E-state index < -0.39 is 0 Å². The van der Waals surface area contributed by atoms with Gasteiger partial charge >= 0.3 is 0 Å². The molecule has 0 aliphatic carbocycles. The van der Waals surface area contributed by atoms with Crippen LogP contribution in [0.15, 0.2) is 54.6 Å². The highest BCUT2D eigenvalue weighted by Crippen LogP contribution is 2.13. The number of benzene rings is 2. The fourth-order valence-electron chi connectivity index (χ4n) is 2.17. The molecule has 0 radical (unpaired) electrons. The van der Waals surface area contributed by atoms with Crippen LogP contribution in [0.3, 0.4) is 0 Å². The molecular weight excluding hydrogens is 286 g/mol. The maximum Gasteiger partial charge on any atom is 0.185 e. The third kappa shape index (κ3) is 5.38. The lowest BCUT2D eigenvalue weighted by Gasteiger charge is -2.09. The van der Waals surface area contributed by atoms with E-state index in [9.17, 15) is 4.79 Å². The van der Waals surface area contributed by atoms with E-state index in [-0.39, 0.29) is 5.78 Å². The Morgan fingerprint density at radius 1 is 1.04 bits per heavy atom. The number of hydrogen-bond donors (Lipinski definition) is 0. The first-order valence-electron chi connectivity index (χ1n) is 7.68. The van der Waals surface area contributed by atoms with Gasteiger partial charge in [0.15, 0.2) is 5.78 Å². The summed E-state index contributed by atoms with van der Waals surface area (Å²) in [4.78, 5) is 14.3. The van der Waals surface area contributed by atoms with Gasteiger partial charge in [-0.3, -0.25) is 4.79 Å². The Morgan fingerprint density at radius 2 is 1.70 bits per heavy atom. The van der Waals surface area contributed by atoms with Gasteiger partial charge in [-0.15, -0.1) is 0 Å². The van der Waals surface area contributed by atoms with Crippen molar-refractivity contribution in [3.8, 4) is 5.75 Å². The minimum absolute atomic E-state index is 0.00987. The van der Waals surface area contributed by atoms with Gasteiger partial charge in [0, 0.05) is 12.1 Å². The number of rotatable bonds is 7. The molecule has 3 heteroatoms. The van der Waals surface area contributed by atoms with Crippen molar-refractivity contribution in [1.82, 2.24) is 4.90 Å². The van der Waals surface area contributed by atoms with Crippen LogP contribution in [0.1, 0.15) is 21.5 Å². The normalized spacial score (nSPS) is 11.1. The molecule has 120 valence electrons. The SMILES string of the molecule is COc1ccc(C(=O)C=Cc2ccc(CCN(C)C)cc2)cc1. The maximum absolute atomic E-state index is 12.1. The summed E-state index contributed by atoms with van der Waals surface area (Å²) in [7, 11) is 5.75. The number of carbonyl (C=O) groups is 1. The van der Waals surface area contributed by atoms with Gasteiger partial charge in [0.1, 0.15) is 5.75 Å². The molecule has 0 spiro atoms. The summed E-state index contributed by atoms with van der Waals surface area (Å²) in [5.74, 6) is 0.739. The van der Waals surface area contributed by atoms with Crippen LogP contribution < -0.4 is 4.74 Å². The van der Waals surface area contributed by atoms with Crippen LogP contribution in [0.4, 0.5) is 0 Å². The lowest BCUT2D eigenvalue weighted by Crippen LogP contribution is -2.14. The zero-order valence-corrected chi connectivity index (χ0v) is 14.0. The molecule has 0 N–H and O–H groups in total. The number of methoxy groups -OCH3 is 1. The van der Waals surface area contributed by atoms with Gasteiger partial charge in [-0.25, -0.2) is 0 Å². The Morgan fingerprint density at radius 3 is 2.26 bits per heavy atom. The second-order valence-electron chi connectivity index (χ2n) is 5.72. The molecule has 0 aliphatic heterocycles. The first-order chi connectivity index (χ1) is 11.1. The molecule has 2 rings (SSSR count). The molecule has 0 aromatic heterocycles. The standard InChI is InChI=1S/C20H23NO2/c1-21(2)15-14-17-6-4-16(5-7-17)8-13-20(22)18-9-11-19(23-3)12-10-18/h4-13H,14-15H2,1-3H3. The first-order valence-corrected chi connectivity index (χ1v) is 7.68. The van der Waals surface area contributed by atoms with E-state index in [1.165, 1.54) is 5.56 Å². The molecule has 3 nitrogen and oxygen atoms in total. The molecule has 0 heterocycles. The molecule has 23 heavy (non-hydrogen) atoms. The second kappa shape index (κ2) is 8.30. The molecule has 0 aliphatic rings. The Bertz CT molecular complexity index is 655. The van der Waals surface area contributed by atoms with Gasteiger partial charge in [0.25, 0.3) is 0 Å². The second-order valence-corrected chi connectivity index (χ2v) is 5.72. The van der Waals surface area contributed by atoms with Crippen LogP contribution in [-0.4, -0.2) is 38.4 Å². The van der Waals surface area contributed by atoms with Crippen molar-refractivity contribution < 1.29 is 9.53 Å². The van der Waals surface area contributed by atoms with Crippen molar-refractivity contribution in [2.24, 2.45) is 0 Å². The van der Waals surface area contributed by atoms with Crippen LogP contribution in [0.2, 0.25) is 0 Å². The van der Waals surface area contributed by atoms with Crippen LogP contribution in [0, 0.1) is 0 Å². The summed E-state index contributed by atoms with van der Waals surface area (Å²) in [5.41, 5.74) is 2.99. The van der Waals surface area contributed by atoms with Gasteiger partial charge in [0.2, 0.25) is 0 Å². The van der Waals surface area contributed by atoms with Gasteiger partial charge in [0.05, 0.1) is 7.11 Å². The summed E-state index contributed by atoms with van der Waals surface area (Å²) in [5, 5.41) is 0. The molecule has 2 aromatic rings. The average molecular weight is 309 g/mol. The molecule has 0 unspecified atom stereocenters. The third-order valence-corrected chi connectivity index (χ3v) is 3.63. The number of ketones is 1. The molecule has 0 amide bonds. The lowest BCUT2D eigenvalue weighted by atomic mass is 10.1. The van der Waals surface area contributed by atoms with E-state index >= 15 is 0 Å². The average Bonchev–Trinajstić information content (AvgIpc) is 2.58. The monoisotopic (exact) mass is 309 g/mol. The topological polar surface area (TPSA) is 29.5 Å². The zero-order chi connectivity index (χ0) is 16.7. The van der Waals surface area contributed by atoms with Crippen molar-refractivity contribution in [2.45, 2.75) is 6.42 Å². The summed E-state index contributed by atoms with van der Waals surface area (Å²) < 4.78 is 5.09. The molecule has 2 aromatic carbocycles. The molecule has 0 atom stereocenters. The minimum atomic E-state index is -0.00987. The number of likely N-dealkylation sites (N-methyl/N-ethyl adjacent to an activating group) is 1. The maximum atomic E-state index is 12.1. The van der Waals surface area contributed by atoms with Gasteiger partial charge in [-0.1, -0.05) is 30.3 Å². The molecular formula is C20H23NO2. The fraction of sp³-hybridized carbons (Fsp3) is 0.250. The first kappa shape index (κ1) is 17.0. The van der Waals surface area contributed by atoms with Crippen molar-refractivity contribution in [3.05, 3.63) is 71.3 Å². The van der Waals surface area contributed by atoms with Gasteiger partial charge < -0.3 is 9.64 Å². The van der Waals surface area contributed by atoms with Crippen molar-refractivity contribution in [1.29, 1.82) is 0 Å². The highest BCUT2D eigenvalue weighted by molar-refractivity contribution is 6.06. The summed E-state index contributed by atoms with van der Waals surface area (Å²) in [6.45, 7) is 1.03. The summed E-state index contributed by atoms with van der Waals surface area (Å²) in [6.07, 6.45) is 4.49. The largest absolute Gasteiger partial charge is 0.497 e. The smallest absolute Gasteiger partial charge is 0.185 e. The highest BCUT2D eigenvalue weighted by atomic mass is 16.5. The molecule has 0 bridgehead atoms. The quantitative estimate of drug-likeness (QED) is 0.577. The Kier molecular flexibility index (Phi) is 6.12. The van der Waals surface area contributed by atoms with Gasteiger partial charge in [-0.05, 0) is 62.0 Å². The van der Waals surface area contributed by atoms with Crippen molar-refractivity contribution >= 4 is 11.9 Å². The lowest BCUT2D eigenvalue weighted by molar-refractivity contribution is 0.104. The number of carbonyl (C=O) groups excluding carboxylic acids is 1. The van der Waals surface area contributed by atoms with E-state index in [0.717, 1.165) is 24.3 Å². The number of hydrogen-bond acceptors (Lipinski definition) is 3. The summed E-state index contributed by atoms with van der Waals surface area (Å²) in [6, 6.07) is 15.4. The van der Waals surface area contributed by atoms with Crippen molar-refractivity contribution in [3.63, 3.8) is 0 Å². The Balaban J connectivity index is 1.97. The van der Waals surface area contributed by atoms with Crippen LogP contribution in [-0.2, 0) is 6.42 Å². The van der Waals surface area contributed by atoms with Crippen LogP contribution in [0.25, 0.3) is 6.08 Å². The van der Waals surface area contributed by atoms with E-state index in [4.69, 9.17) is 4.74 Å². The highest BCUT2D eigenvalue weighted by Gasteiger charge is 2.02. The summed E-state index contributed by atoms with van der Waals surface area (Å²) >= 11 is 0. The molecule has 0 saturated carbocycles. The fourth-order valence-corrected chi connectivity index (χ4v) is 2.17. The van der Waals surface area contributed by atoms with E-state index in [1.807, 2.05) is 18.2 Å². The molecule has 0 saturated heterocycles. The Labute approximate surface area is 138 Å². The Hall–Kier alpha value is -2.39. The predicted molar refractivity (Wildman–Crippen MR) is 95.1 cm³/mol. The number of nitrogens with zero attached hydrogens (tertiary/aromatic N) is 1. The van der Waals surface area contributed by atoms with Crippen LogP contribution >= 0.6 is 0 Å². The van der Waals surface area contributed by atoms with E-state index in [1.54, 1.807) is 37.5 Å². The van der Waals surface area contributed by atoms with E-state index in [2.05, 4.69) is 31.1 Å². The molecule has 0 fully saturated rings. The number of ether oxygens (including phenoxy) is 1. The zero-order valence-electron chi connectivity index (χ0n) is 14.0. The van der Waals surface area contributed by atoms with E-state index in [0.29, 0.717) is 5.56 Å². The van der Waals surface area contributed by atoms with Crippen LogP contribution in [0.5, 0.6) is 5.75 Å². The predicted octanol–water partition coefficient (Wildman–Crippen LogP) is 3.70. The van der Waals surface area contributed by atoms with Crippen molar-refractivity contribution in [2.75, 3.05) is 27.7 Å².